The molecule has 0 aliphatic carbocycles. The summed E-state index contributed by atoms with van der Waals surface area (Å²) < 4.78 is 6.04. The van der Waals surface area contributed by atoms with Gasteiger partial charge in [-0.1, -0.05) is 6.42 Å². The molecular weight excluding hydrogens is 288 g/mol. The van der Waals surface area contributed by atoms with Crippen molar-refractivity contribution in [3.63, 3.8) is 0 Å². The third-order valence-corrected chi connectivity index (χ3v) is 3.85. The minimum absolute atomic E-state index is 0.132. The summed E-state index contributed by atoms with van der Waals surface area (Å²) in [5.74, 6) is 0.111. The summed E-state index contributed by atoms with van der Waals surface area (Å²) >= 11 is 0. The average Bonchev–Trinajstić information content (AvgIpc) is 2.88. The van der Waals surface area contributed by atoms with E-state index in [4.69, 9.17) is 10.5 Å². The van der Waals surface area contributed by atoms with Crippen molar-refractivity contribution in [2.24, 2.45) is 0 Å². The SMILES string of the molecule is COC(=O)[C@@H]1CCCCN1Cc1cc(=O)n2[nH]c(N)nc2n1. The van der Waals surface area contributed by atoms with Gasteiger partial charge in [0.1, 0.15) is 6.04 Å². The highest BCUT2D eigenvalue weighted by Gasteiger charge is 2.29. The molecule has 1 fully saturated rings. The second kappa shape index (κ2) is 5.76. The number of H-pyrrole nitrogens is 1. The minimum Gasteiger partial charge on any atom is -0.468 e. The Morgan fingerprint density at radius 1 is 1.50 bits per heavy atom. The van der Waals surface area contributed by atoms with Crippen molar-refractivity contribution >= 4 is 17.7 Å². The van der Waals surface area contributed by atoms with E-state index in [-0.39, 0.29) is 29.3 Å². The van der Waals surface area contributed by atoms with Crippen LogP contribution in [-0.2, 0) is 16.1 Å². The van der Waals surface area contributed by atoms with E-state index in [9.17, 15) is 9.59 Å². The summed E-state index contributed by atoms with van der Waals surface area (Å²) in [6.45, 7) is 1.17. The molecule has 0 radical (unpaired) electrons. The van der Waals surface area contributed by atoms with E-state index in [0.29, 0.717) is 12.2 Å². The molecule has 2 aromatic rings. The van der Waals surface area contributed by atoms with E-state index in [1.54, 1.807) is 0 Å². The van der Waals surface area contributed by atoms with Crippen LogP contribution < -0.4 is 11.3 Å². The Labute approximate surface area is 126 Å². The normalized spacial score (nSPS) is 19.4. The molecule has 0 unspecified atom stereocenters. The highest BCUT2D eigenvalue weighted by atomic mass is 16.5. The zero-order valence-electron chi connectivity index (χ0n) is 12.3. The van der Waals surface area contributed by atoms with Gasteiger partial charge < -0.3 is 10.5 Å². The van der Waals surface area contributed by atoms with Crippen LogP contribution in [-0.4, -0.2) is 50.1 Å². The number of aromatic nitrogens is 4. The van der Waals surface area contributed by atoms with Crippen LogP contribution in [0.15, 0.2) is 10.9 Å². The molecule has 0 saturated carbocycles. The Morgan fingerprint density at radius 2 is 2.32 bits per heavy atom. The number of methoxy groups -OCH3 is 1. The first-order valence-electron chi connectivity index (χ1n) is 7.14. The molecule has 3 heterocycles. The van der Waals surface area contributed by atoms with Gasteiger partial charge in [-0.25, -0.2) is 4.98 Å². The van der Waals surface area contributed by atoms with Gasteiger partial charge in [-0.2, -0.15) is 9.50 Å². The Kier molecular flexibility index (Phi) is 3.80. The molecule has 1 saturated heterocycles. The molecule has 9 heteroatoms. The number of hydrogen-bond acceptors (Lipinski definition) is 7. The summed E-state index contributed by atoms with van der Waals surface area (Å²) in [5, 5.41) is 2.61. The van der Waals surface area contributed by atoms with Gasteiger partial charge in [-0.15, -0.1) is 0 Å². The second-order valence-electron chi connectivity index (χ2n) is 5.34. The fraction of sp³-hybridized carbons (Fsp3) is 0.538. The zero-order chi connectivity index (χ0) is 15.7. The average molecular weight is 306 g/mol. The van der Waals surface area contributed by atoms with Crippen LogP contribution in [0, 0.1) is 0 Å². The minimum atomic E-state index is -0.289. The molecule has 0 aromatic carbocycles. The first-order valence-corrected chi connectivity index (χ1v) is 7.14. The van der Waals surface area contributed by atoms with E-state index >= 15 is 0 Å². The number of piperidine rings is 1. The lowest BCUT2D eigenvalue weighted by molar-refractivity contribution is -0.148. The van der Waals surface area contributed by atoms with Crippen molar-refractivity contribution in [2.75, 3.05) is 19.4 Å². The van der Waals surface area contributed by atoms with Gasteiger partial charge in [-0.3, -0.25) is 19.6 Å². The molecule has 9 nitrogen and oxygen atoms in total. The lowest BCUT2D eigenvalue weighted by atomic mass is 10.0. The predicted molar refractivity (Wildman–Crippen MR) is 78.1 cm³/mol. The van der Waals surface area contributed by atoms with E-state index in [1.807, 2.05) is 4.90 Å². The fourth-order valence-corrected chi connectivity index (χ4v) is 2.82. The number of carbonyl (C=O) groups excluding carboxylic acids is 1. The van der Waals surface area contributed by atoms with Gasteiger partial charge in [0.05, 0.1) is 12.8 Å². The van der Waals surface area contributed by atoms with Crippen molar-refractivity contribution in [1.29, 1.82) is 0 Å². The number of fused-ring (bicyclic) bond motifs is 1. The smallest absolute Gasteiger partial charge is 0.323 e. The van der Waals surface area contributed by atoms with Crippen molar-refractivity contribution < 1.29 is 9.53 Å². The molecular formula is C13H18N6O3. The Balaban J connectivity index is 1.87. The Morgan fingerprint density at radius 3 is 3.09 bits per heavy atom. The molecule has 0 spiro atoms. The fourth-order valence-electron chi connectivity index (χ4n) is 2.82. The standard InChI is InChI=1S/C13H18N6O3/c1-22-11(21)9-4-2-3-5-18(9)7-8-6-10(20)19-13(15-8)16-12(14)17-19/h6,9H,2-5,7H2,1H3,(H3,14,15,16,17)/t9-/m0/s1. The first kappa shape index (κ1) is 14.5. The number of rotatable bonds is 3. The summed E-state index contributed by atoms with van der Waals surface area (Å²) in [6.07, 6.45) is 2.74. The van der Waals surface area contributed by atoms with Crippen molar-refractivity contribution in [1.82, 2.24) is 24.5 Å². The van der Waals surface area contributed by atoms with Crippen molar-refractivity contribution in [3.8, 4) is 0 Å². The molecule has 3 N–H and O–H groups in total. The molecule has 1 aliphatic heterocycles. The number of nitrogens with zero attached hydrogens (tertiary/aromatic N) is 4. The maximum atomic E-state index is 12.0. The molecule has 118 valence electrons. The van der Waals surface area contributed by atoms with Gasteiger partial charge in [0.2, 0.25) is 5.95 Å². The van der Waals surface area contributed by atoms with Crippen LogP contribution in [0.25, 0.3) is 5.78 Å². The van der Waals surface area contributed by atoms with E-state index < -0.39 is 0 Å². The zero-order valence-corrected chi connectivity index (χ0v) is 12.3. The van der Waals surface area contributed by atoms with Crippen LogP contribution >= 0.6 is 0 Å². The van der Waals surface area contributed by atoms with Gasteiger partial charge in [0.25, 0.3) is 11.3 Å². The van der Waals surface area contributed by atoms with Crippen LogP contribution in [0.5, 0.6) is 0 Å². The topological polar surface area (TPSA) is 119 Å². The molecule has 0 amide bonds. The molecule has 3 rings (SSSR count). The molecule has 0 bridgehead atoms. The molecule has 2 aromatic heterocycles. The molecule has 1 aliphatic rings. The largest absolute Gasteiger partial charge is 0.468 e. The highest BCUT2D eigenvalue weighted by Crippen LogP contribution is 2.20. The predicted octanol–water partition coefficient (Wildman–Crippen LogP) is -0.473. The summed E-state index contributed by atoms with van der Waals surface area (Å²) in [4.78, 5) is 34.1. The van der Waals surface area contributed by atoms with E-state index in [0.717, 1.165) is 25.8 Å². The number of aromatic amines is 1. The van der Waals surface area contributed by atoms with Gasteiger partial charge in [0.15, 0.2) is 0 Å². The Hall–Kier alpha value is -2.42. The molecule has 22 heavy (non-hydrogen) atoms. The third-order valence-electron chi connectivity index (χ3n) is 3.85. The highest BCUT2D eigenvalue weighted by molar-refractivity contribution is 5.75. The second-order valence-corrected chi connectivity index (χ2v) is 5.34. The number of anilines is 1. The number of ether oxygens (including phenoxy) is 1. The lowest BCUT2D eigenvalue weighted by Gasteiger charge is -2.33. The van der Waals surface area contributed by atoms with Crippen LogP contribution in [0.3, 0.4) is 0 Å². The van der Waals surface area contributed by atoms with Gasteiger partial charge in [0, 0.05) is 12.6 Å². The van der Waals surface area contributed by atoms with Crippen LogP contribution in [0.1, 0.15) is 25.0 Å². The number of esters is 1. The number of carbonyl (C=O) groups is 1. The lowest BCUT2D eigenvalue weighted by Crippen LogP contribution is -2.44. The van der Waals surface area contributed by atoms with Crippen LogP contribution in [0.4, 0.5) is 5.95 Å². The third kappa shape index (κ3) is 2.67. The monoisotopic (exact) mass is 306 g/mol. The van der Waals surface area contributed by atoms with Crippen molar-refractivity contribution in [2.45, 2.75) is 31.8 Å². The first-order chi connectivity index (χ1) is 10.6. The molecule has 1 atom stereocenters. The summed E-state index contributed by atoms with van der Waals surface area (Å²) in [6, 6.07) is 1.14. The number of nitrogens with two attached hydrogens (primary N) is 1. The van der Waals surface area contributed by atoms with Gasteiger partial charge >= 0.3 is 5.97 Å². The summed E-state index contributed by atoms with van der Waals surface area (Å²) in [7, 11) is 1.39. The number of hydrogen-bond donors (Lipinski definition) is 2. The van der Waals surface area contributed by atoms with Crippen molar-refractivity contribution in [3.05, 3.63) is 22.1 Å². The maximum absolute atomic E-state index is 12.0. The van der Waals surface area contributed by atoms with E-state index in [1.165, 1.54) is 17.7 Å². The van der Waals surface area contributed by atoms with E-state index in [2.05, 4.69) is 15.1 Å². The number of nitrogens with one attached hydrogen (secondary N) is 1. The quantitative estimate of drug-likeness (QED) is 0.736. The van der Waals surface area contributed by atoms with Gasteiger partial charge in [-0.05, 0) is 19.4 Å². The summed E-state index contributed by atoms with van der Waals surface area (Å²) in [5.41, 5.74) is 5.82. The Bertz CT molecular complexity index is 752. The van der Waals surface area contributed by atoms with Crippen LogP contribution in [0.2, 0.25) is 0 Å². The maximum Gasteiger partial charge on any atom is 0.323 e. The number of nitrogen functional groups attached to an aromatic ring is 1. The number of likely N-dealkylation sites (tertiary alicyclic amines) is 1.